The Morgan fingerprint density at radius 2 is 2.15 bits per heavy atom. The number of nitrogens with one attached hydrogen (secondary N) is 1. The van der Waals surface area contributed by atoms with E-state index in [2.05, 4.69) is 17.2 Å². The Morgan fingerprint density at radius 3 is 2.75 bits per heavy atom. The lowest BCUT2D eigenvalue weighted by atomic mass is 10.2. The van der Waals surface area contributed by atoms with Gasteiger partial charge < -0.3 is 15.8 Å². The van der Waals surface area contributed by atoms with Crippen molar-refractivity contribution >= 4 is 23.4 Å². The van der Waals surface area contributed by atoms with E-state index in [1.54, 1.807) is 20.8 Å². The number of nitrogen functional groups attached to an aromatic ring is 1. The van der Waals surface area contributed by atoms with Crippen LogP contribution in [0.4, 0.5) is 14.9 Å². The van der Waals surface area contributed by atoms with Gasteiger partial charge in [-0.3, -0.25) is 0 Å². The normalized spacial score (nSPS) is 10.4. The largest absolute Gasteiger partial charge is 0.444 e. The van der Waals surface area contributed by atoms with E-state index in [9.17, 15) is 9.18 Å². The van der Waals surface area contributed by atoms with E-state index in [0.717, 1.165) is 0 Å². The first-order valence-electron chi connectivity index (χ1n) is 5.90. The van der Waals surface area contributed by atoms with Crippen molar-refractivity contribution in [2.45, 2.75) is 26.4 Å². The summed E-state index contributed by atoms with van der Waals surface area (Å²) in [6.07, 6.45) is -0.568. The molecule has 0 aliphatic carbocycles. The molecule has 1 amide bonds. The van der Waals surface area contributed by atoms with E-state index < -0.39 is 17.5 Å². The molecule has 1 aromatic rings. The Morgan fingerprint density at radius 1 is 1.50 bits per heavy atom. The number of anilines is 1. The molecule has 0 aromatic heterocycles. The average molecular weight is 299 g/mol. The van der Waals surface area contributed by atoms with Crippen molar-refractivity contribution in [2.24, 2.45) is 0 Å². The molecule has 0 spiro atoms. The van der Waals surface area contributed by atoms with Gasteiger partial charge in [0.1, 0.15) is 5.60 Å². The van der Waals surface area contributed by atoms with Gasteiger partial charge in [-0.05, 0) is 32.9 Å². The molecule has 0 fully saturated rings. The first-order chi connectivity index (χ1) is 9.20. The molecule has 0 aliphatic rings. The van der Waals surface area contributed by atoms with Crippen molar-refractivity contribution < 1.29 is 13.9 Å². The summed E-state index contributed by atoms with van der Waals surface area (Å²) >= 11 is 5.76. The molecular formula is C14H16ClFN2O2. The quantitative estimate of drug-likeness (QED) is 0.619. The Hall–Kier alpha value is -1.93. The third-order valence-corrected chi connectivity index (χ3v) is 2.42. The maximum Gasteiger partial charge on any atom is 0.408 e. The van der Waals surface area contributed by atoms with E-state index in [4.69, 9.17) is 22.1 Å². The number of alkyl carbamates (subject to hydrolysis) is 1. The van der Waals surface area contributed by atoms with Crippen LogP contribution in [0.5, 0.6) is 0 Å². The summed E-state index contributed by atoms with van der Waals surface area (Å²) in [5.41, 5.74) is 5.07. The highest BCUT2D eigenvalue weighted by molar-refractivity contribution is 6.32. The lowest BCUT2D eigenvalue weighted by molar-refractivity contribution is 0.0535. The van der Waals surface area contributed by atoms with E-state index >= 15 is 0 Å². The zero-order valence-corrected chi connectivity index (χ0v) is 12.3. The molecule has 0 radical (unpaired) electrons. The molecule has 0 saturated carbocycles. The number of hydrogen-bond acceptors (Lipinski definition) is 3. The minimum absolute atomic E-state index is 0.0348. The van der Waals surface area contributed by atoms with Gasteiger partial charge >= 0.3 is 6.09 Å². The molecule has 3 N–H and O–H groups in total. The standard InChI is InChI=1S/C14H16ClFN2O2/c1-14(2,3)20-13(19)18-8-4-5-9-6-7-10(17)12(16)11(9)15/h6-7H,8,17H2,1-3H3,(H,18,19). The van der Waals surface area contributed by atoms with Crippen LogP contribution in [0.2, 0.25) is 5.02 Å². The van der Waals surface area contributed by atoms with Crippen LogP contribution >= 0.6 is 11.6 Å². The molecule has 0 heterocycles. The Kier molecular flexibility index (Phi) is 5.23. The highest BCUT2D eigenvalue weighted by Crippen LogP contribution is 2.23. The Balaban J connectivity index is 2.60. The van der Waals surface area contributed by atoms with Gasteiger partial charge in [-0.1, -0.05) is 23.4 Å². The van der Waals surface area contributed by atoms with Crippen LogP contribution in [0.1, 0.15) is 26.3 Å². The van der Waals surface area contributed by atoms with Crippen LogP contribution in [-0.2, 0) is 4.74 Å². The zero-order chi connectivity index (χ0) is 15.3. The van der Waals surface area contributed by atoms with Gasteiger partial charge in [-0.25, -0.2) is 9.18 Å². The molecule has 0 unspecified atom stereocenters. The number of carbonyl (C=O) groups is 1. The molecule has 1 aromatic carbocycles. The molecular weight excluding hydrogens is 283 g/mol. The predicted molar refractivity (Wildman–Crippen MR) is 76.9 cm³/mol. The van der Waals surface area contributed by atoms with E-state index in [1.807, 2.05) is 0 Å². The fourth-order valence-electron chi connectivity index (χ4n) is 1.23. The van der Waals surface area contributed by atoms with Crippen molar-refractivity contribution in [3.8, 4) is 11.8 Å². The predicted octanol–water partition coefficient (Wildman–Crippen LogP) is 2.94. The fraction of sp³-hybridized carbons (Fsp3) is 0.357. The minimum Gasteiger partial charge on any atom is -0.444 e. The zero-order valence-electron chi connectivity index (χ0n) is 11.5. The summed E-state index contributed by atoms with van der Waals surface area (Å²) in [4.78, 5) is 11.3. The lowest BCUT2D eigenvalue weighted by Crippen LogP contribution is -2.32. The molecule has 1 rings (SSSR count). The van der Waals surface area contributed by atoms with Gasteiger partial charge in [0, 0.05) is 5.56 Å². The number of amides is 1. The molecule has 0 bridgehead atoms. The van der Waals surface area contributed by atoms with Crippen LogP contribution < -0.4 is 11.1 Å². The maximum atomic E-state index is 13.4. The van der Waals surface area contributed by atoms with Crippen molar-refractivity contribution in [1.82, 2.24) is 5.32 Å². The van der Waals surface area contributed by atoms with Gasteiger partial charge in [0.05, 0.1) is 17.3 Å². The fourth-order valence-corrected chi connectivity index (χ4v) is 1.45. The maximum absolute atomic E-state index is 13.4. The lowest BCUT2D eigenvalue weighted by Gasteiger charge is -2.19. The molecule has 0 atom stereocenters. The Bertz CT molecular complexity index is 571. The average Bonchev–Trinajstić information content (AvgIpc) is 2.32. The molecule has 0 saturated heterocycles. The smallest absolute Gasteiger partial charge is 0.408 e. The minimum atomic E-state index is -0.696. The summed E-state index contributed by atoms with van der Waals surface area (Å²) in [5.74, 6) is 4.61. The highest BCUT2D eigenvalue weighted by atomic mass is 35.5. The van der Waals surface area contributed by atoms with Crippen molar-refractivity contribution in [3.63, 3.8) is 0 Å². The molecule has 0 aliphatic heterocycles. The summed E-state index contributed by atoms with van der Waals surface area (Å²) in [5, 5.41) is 2.33. The number of rotatable bonds is 1. The van der Waals surface area contributed by atoms with Gasteiger partial charge in [-0.2, -0.15) is 0 Å². The van der Waals surface area contributed by atoms with Crippen LogP contribution in [0.25, 0.3) is 0 Å². The molecule has 20 heavy (non-hydrogen) atoms. The Labute approximate surface area is 122 Å². The SMILES string of the molecule is CC(C)(C)OC(=O)NCC#Cc1ccc(N)c(F)c1Cl. The van der Waals surface area contributed by atoms with Gasteiger partial charge in [-0.15, -0.1) is 0 Å². The second-order valence-corrected chi connectivity index (χ2v) is 5.37. The highest BCUT2D eigenvalue weighted by Gasteiger charge is 2.15. The van der Waals surface area contributed by atoms with Crippen molar-refractivity contribution in [2.75, 3.05) is 12.3 Å². The number of carbonyl (C=O) groups excluding carboxylic acids is 1. The number of ether oxygens (including phenoxy) is 1. The summed E-state index contributed by atoms with van der Waals surface area (Å²) < 4.78 is 18.4. The first-order valence-corrected chi connectivity index (χ1v) is 6.27. The van der Waals surface area contributed by atoms with Gasteiger partial charge in [0.25, 0.3) is 0 Å². The van der Waals surface area contributed by atoms with Crippen molar-refractivity contribution in [3.05, 3.63) is 28.5 Å². The van der Waals surface area contributed by atoms with Crippen molar-refractivity contribution in [1.29, 1.82) is 0 Å². The second-order valence-electron chi connectivity index (χ2n) is 4.99. The van der Waals surface area contributed by atoms with E-state index in [1.165, 1.54) is 12.1 Å². The first kappa shape index (κ1) is 16.1. The summed E-state index contributed by atoms with van der Waals surface area (Å²) in [6, 6.07) is 2.90. The van der Waals surface area contributed by atoms with Gasteiger partial charge in [0.15, 0.2) is 5.82 Å². The van der Waals surface area contributed by atoms with Crippen LogP contribution in [0.3, 0.4) is 0 Å². The van der Waals surface area contributed by atoms with Crippen LogP contribution in [0, 0.1) is 17.7 Å². The number of nitrogens with two attached hydrogens (primary N) is 1. The van der Waals surface area contributed by atoms with Gasteiger partial charge in [0.2, 0.25) is 0 Å². The third kappa shape index (κ3) is 4.98. The third-order valence-electron chi connectivity index (χ3n) is 2.06. The number of hydrogen-bond donors (Lipinski definition) is 2. The topological polar surface area (TPSA) is 64.3 Å². The second kappa shape index (κ2) is 6.49. The molecule has 4 nitrogen and oxygen atoms in total. The number of halogens is 2. The van der Waals surface area contributed by atoms with E-state index in [-0.39, 0.29) is 17.3 Å². The summed E-state index contributed by atoms with van der Waals surface area (Å²) in [7, 11) is 0. The monoisotopic (exact) mass is 298 g/mol. The van der Waals surface area contributed by atoms with Crippen LogP contribution in [-0.4, -0.2) is 18.2 Å². The summed E-state index contributed by atoms with van der Waals surface area (Å²) in [6.45, 7) is 5.34. The number of benzene rings is 1. The van der Waals surface area contributed by atoms with Crippen LogP contribution in [0.15, 0.2) is 12.1 Å². The van der Waals surface area contributed by atoms with E-state index in [0.29, 0.717) is 5.56 Å². The molecule has 108 valence electrons. The molecule has 6 heteroatoms.